The van der Waals surface area contributed by atoms with Gasteiger partial charge in [-0.05, 0) is 32.0 Å². The maximum absolute atomic E-state index is 13.8. The molecule has 6 heteroatoms. The van der Waals surface area contributed by atoms with Gasteiger partial charge < -0.3 is 4.74 Å². The molecule has 2 heterocycles. The van der Waals surface area contributed by atoms with Crippen molar-refractivity contribution in [3.8, 4) is 0 Å². The molecule has 21 heavy (non-hydrogen) atoms. The van der Waals surface area contributed by atoms with Crippen LogP contribution in [0.25, 0.3) is 0 Å². The lowest BCUT2D eigenvalue weighted by molar-refractivity contribution is -0.0703. The number of ketones is 1. The normalized spacial score (nSPS) is 29.4. The van der Waals surface area contributed by atoms with Crippen LogP contribution < -0.4 is 0 Å². The van der Waals surface area contributed by atoms with Gasteiger partial charge in [0.05, 0.1) is 18.8 Å². The number of halogens is 3. The molecule has 2 saturated heterocycles. The molecule has 0 N–H and O–H groups in total. The largest absolute Gasteiger partial charge is 0.378 e. The summed E-state index contributed by atoms with van der Waals surface area (Å²) in [7, 11) is 1.98. The van der Waals surface area contributed by atoms with E-state index in [9.17, 15) is 18.0 Å². The van der Waals surface area contributed by atoms with Crippen LogP contribution in [-0.2, 0) is 4.74 Å². The molecule has 114 valence electrons. The number of likely N-dealkylation sites (N-methyl/N-ethyl adjacent to an activating group) is 1. The molecule has 2 fully saturated rings. The predicted octanol–water partition coefficient (Wildman–Crippen LogP) is 2.40. The zero-order valence-electron chi connectivity index (χ0n) is 11.6. The number of carbonyl (C=O) groups excluding carboxylic acids is 1. The fourth-order valence-electron chi connectivity index (χ4n) is 3.25. The van der Waals surface area contributed by atoms with Gasteiger partial charge in [-0.15, -0.1) is 0 Å². The number of piperidine rings is 1. The maximum atomic E-state index is 13.8. The van der Waals surface area contributed by atoms with Crippen LogP contribution in [0.4, 0.5) is 13.2 Å². The van der Waals surface area contributed by atoms with Crippen LogP contribution in [0.3, 0.4) is 0 Å². The number of carbonyl (C=O) groups is 1. The monoisotopic (exact) mass is 299 g/mol. The lowest BCUT2D eigenvalue weighted by Gasteiger charge is -2.46. The van der Waals surface area contributed by atoms with Gasteiger partial charge >= 0.3 is 0 Å². The van der Waals surface area contributed by atoms with Crippen LogP contribution in [0.5, 0.6) is 0 Å². The summed E-state index contributed by atoms with van der Waals surface area (Å²) >= 11 is 0. The molecule has 2 bridgehead atoms. The first-order valence-electron chi connectivity index (χ1n) is 6.96. The molecule has 1 aromatic carbocycles. The molecular weight excluding hydrogens is 283 g/mol. The Hall–Kier alpha value is -1.40. The standard InChI is InChI=1S/C15H16F3NO2/c1-19-9-4-8(5-10(19)7-21-6-9)15(20)11-2-3-12(16)14(18)13(11)17/h2-3,8-10H,4-7H2,1H3. The number of rotatable bonds is 2. The summed E-state index contributed by atoms with van der Waals surface area (Å²) in [5.74, 6) is -5.08. The van der Waals surface area contributed by atoms with Crippen LogP contribution in [-0.4, -0.2) is 43.0 Å². The molecular formula is C15H16F3NO2. The second kappa shape index (κ2) is 5.42. The second-order valence-electron chi connectivity index (χ2n) is 5.77. The summed E-state index contributed by atoms with van der Waals surface area (Å²) in [5, 5.41) is 0. The van der Waals surface area contributed by atoms with E-state index in [1.807, 2.05) is 7.05 Å². The first-order chi connectivity index (χ1) is 9.99. The molecule has 0 radical (unpaired) electrons. The van der Waals surface area contributed by atoms with Gasteiger partial charge in [-0.25, -0.2) is 13.2 Å². The zero-order valence-corrected chi connectivity index (χ0v) is 11.6. The van der Waals surface area contributed by atoms with Gasteiger partial charge in [0.25, 0.3) is 0 Å². The maximum Gasteiger partial charge on any atom is 0.195 e. The van der Waals surface area contributed by atoms with E-state index in [0.717, 1.165) is 12.1 Å². The molecule has 0 aromatic heterocycles. The minimum Gasteiger partial charge on any atom is -0.378 e. The van der Waals surface area contributed by atoms with Crippen molar-refractivity contribution < 1.29 is 22.7 Å². The number of ether oxygens (including phenoxy) is 1. The van der Waals surface area contributed by atoms with Crippen LogP contribution in [0.15, 0.2) is 12.1 Å². The molecule has 3 rings (SSSR count). The Balaban J connectivity index is 1.85. The Morgan fingerprint density at radius 1 is 1.14 bits per heavy atom. The number of benzene rings is 1. The number of Topliss-reactive ketones (excluding diaryl/α,β-unsaturated/α-hetero) is 1. The summed E-state index contributed by atoms with van der Waals surface area (Å²) in [4.78, 5) is 14.6. The van der Waals surface area contributed by atoms with Crippen molar-refractivity contribution in [1.82, 2.24) is 4.90 Å². The van der Waals surface area contributed by atoms with Crippen LogP contribution >= 0.6 is 0 Å². The first-order valence-corrected chi connectivity index (χ1v) is 6.96. The summed E-state index contributed by atoms with van der Waals surface area (Å²) in [6.45, 7) is 1.08. The Morgan fingerprint density at radius 3 is 2.38 bits per heavy atom. The molecule has 0 saturated carbocycles. The third-order valence-electron chi connectivity index (χ3n) is 4.56. The van der Waals surface area contributed by atoms with Crippen LogP contribution in [0.2, 0.25) is 0 Å². The van der Waals surface area contributed by atoms with Crippen molar-refractivity contribution in [1.29, 1.82) is 0 Å². The third kappa shape index (κ3) is 2.46. The molecule has 0 spiro atoms. The molecule has 2 aliphatic heterocycles. The fourth-order valence-corrected chi connectivity index (χ4v) is 3.25. The van der Waals surface area contributed by atoms with Gasteiger partial charge in [-0.3, -0.25) is 9.69 Å². The van der Waals surface area contributed by atoms with Crippen LogP contribution in [0.1, 0.15) is 23.2 Å². The fraction of sp³-hybridized carbons (Fsp3) is 0.533. The van der Waals surface area contributed by atoms with Gasteiger partial charge in [0.2, 0.25) is 0 Å². The molecule has 0 amide bonds. The Morgan fingerprint density at radius 2 is 1.76 bits per heavy atom. The lowest BCUT2D eigenvalue weighted by Crippen LogP contribution is -2.55. The van der Waals surface area contributed by atoms with E-state index in [0.29, 0.717) is 26.1 Å². The Labute approximate surface area is 120 Å². The van der Waals surface area contributed by atoms with Crippen molar-refractivity contribution in [3.63, 3.8) is 0 Å². The number of hydrogen-bond donors (Lipinski definition) is 0. The first kappa shape index (κ1) is 14.5. The van der Waals surface area contributed by atoms with Gasteiger partial charge in [0.1, 0.15) is 0 Å². The summed E-state index contributed by atoms with van der Waals surface area (Å²) in [5.41, 5.74) is -0.359. The highest BCUT2D eigenvalue weighted by Crippen LogP contribution is 2.33. The summed E-state index contributed by atoms with van der Waals surface area (Å²) in [6, 6.07) is 2.05. The zero-order chi connectivity index (χ0) is 15.1. The minimum absolute atomic E-state index is 0.111. The van der Waals surface area contributed by atoms with Crippen molar-refractivity contribution in [3.05, 3.63) is 35.1 Å². The van der Waals surface area contributed by atoms with E-state index >= 15 is 0 Å². The van der Waals surface area contributed by atoms with Gasteiger partial charge in [-0.2, -0.15) is 0 Å². The van der Waals surface area contributed by atoms with Crippen molar-refractivity contribution in [2.24, 2.45) is 5.92 Å². The number of nitrogens with zero attached hydrogens (tertiary/aromatic N) is 1. The molecule has 2 unspecified atom stereocenters. The van der Waals surface area contributed by atoms with E-state index in [4.69, 9.17) is 4.74 Å². The third-order valence-corrected chi connectivity index (χ3v) is 4.56. The number of fused-ring (bicyclic) bond motifs is 2. The minimum atomic E-state index is -1.59. The Kier molecular flexibility index (Phi) is 3.75. The van der Waals surface area contributed by atoms with E-state index in [-0.39, 0.29) is 23.6 Å². The summed E-state index contributed by atoms with van der Waals surface area (Å²) < 4.78 is 45.5. The molecule has 3 nitrogen and oxygen atoms in total. The van der Waals surface area contributed by atoms with Crippen molar-refractivity contribution in [2.75, 3.05) is 20.3 Å². The SMILES string of the molecule is CN1C2COCC1CC(C(=O)c1ccc(F)c(F)c1F)C2. The Bertz CT molecular complexity index is 564. The highest BCUT2D eigenvalue weighted by Gasteiger charge is 2.40. The number of hydrogen-bond acceptors (Lipinski definition) is 3. The summed E-state index contributed by atoms with van der Waals surface area (Å²) in [6.07, 6.45) is 1.09. The second-order valence-corrected chi connectivity index (χ2v) is 5.77. The van der Waals surface area contributed by atoms with E-state index in [1.54, 1.807) is 0 Å². The number of morpholine rings is 1. The molecule has 2 aliphatic rings. The van der Waals surface area contributed by atoms with Crippen molar-refractivity contribution in [2.45, 2.75) is 24.9 Å². The predicted molar refractivity (Wildman–Crippen MR) is 69.5 cm³/mol. The lowest BCUT2D eigenvalue weighted by atomic mass is 9.81. The molecule has 0 aliphatic carbocycles. The smallest absolute Gasteiger partial charge is 0.195 e. The quantitative estimate of drug-likeness (QED) is 0.620. The van der Waals surface area contributed by atoms with Crippen molar-refractivity contribution >= 4 is 5.78 Å². The topological polar surface area (TPSA) is 29.5 Å². The van der Waals surface area contributed by atoms with E-state index in [1.165, 1.54) is 0 Å². The highest BCUT2D eigenvalue weighted by molar-refractivity contribution is 5.98. The average Bonchev–Trinajstić information content (AvgIpc) is 2.44. The van der Waals surface area contributed by atoms with Gasteiger partial charge in [0, 0.05) is 18.0 Å². The molecule has 2 atom stereocenters. The average molecular weight is 299 g/mol. The van der Waals surface area contributed by atoms with E-state index in [2.05, 4.69) is 4.90 Å². The van der Waals surface area contributed by atoms with Gasteiger partial charge in [0.15, 0.2) is 23.2 Å². The van der Waals surface area contributed by atoms with Crippen LogP contribution in [0, 0.1) is 23.4 Å². The van der Waals surface area contributed by atoms with Gasteiger partial charge in [-0.1, -0.05) is 0 Å². The highest BCUT2D eigenvalue weighted by atomic mass is 19.2. The molecule has 1 aromatic rings. The van der Waals surface area contributed by atoms with E-state index < -0.39 is 23.2 Å².